The number of hydrogen-bond acceptors (Lipinski definition) is 2. The molecule has 2 unspecified atom stereocenters. The van der Waals surface area contributed by atoms with Crippen molar-refractivity contribution in [1.82, 2.24) is 5.32 Å². The van der Waals surface area contributed by atoms with Crippen molar-refractivity contribution >= 4 is 5.91 Å². The second kappa shape index (κ2) is 5.32. The number of amides is 1. The molecule has 92 valence electrons. The first-order valence-electron chi connectivity index (χ1n) is 6.18. The van der Waals surface area contributed by atoms with Crippen LogP contribution < -0.4 is 5.32 Å². The number of aryl methyl sites for hydroxylation is 1. The lowest BCUT2D eigenvalue weighted by Gasteiger charge is -2.25. The minimum Gasteiger partial charge on any atom is -0.394 e. The summed E-state index contributed by atoms with van der Waals surface area (Å²) in [7, 11) is 0. The van der Waals surface area contributed by atoms with Gasteiger partial charge in [0, 0.05) is 12.0 Å². The Labute approximate surface area is 102 Å². The molecule has 0 heterocycles. The molecule has 0 bridgehead atoms. The van der Waals surface area contributed by atoms with Gasteiger partial charge in [-0.15, -0.1) is 0 Å². The first-order chi connectivity index (χ1) is 8.20. The molecule has 3 heteroatoms. The highest BCUT2D eigenvalue weighted by atomic mass is 16.3. The molecule has 17 heavy (non-hydrogen) atoms. The number of fused-ring (bicyclic) bond motifs is 1. The molecule has 1 amide bonds. The zero-order chi connectivity index (χ0) is 12.3. The van der Waals surface area contributed by atoms with Crippen molar-refractivity contribution in [3.63, 3.8) is 0 Å². The first-order valence-corrected chi connectivity index (χ1v) is 6.18. The Bertz CT molecular complexity index is 403. The van der Waals surface area contributed by atoms with Gasteiger partial charge in [-0.3, -0.25) is 4.79 Å². The maximum absolute atomic E-state index is 12.0. The van der Waals surface area contributed by atoms with Gasteiger partial charge in [0.05, 0.1) is 6.61 Å². The standard InChI is InChI=1S/C14H19NO2/c1-10(9-16)15-14(17)13-7-6-11-4-2-3-5-12(11)8-13/h2-5,10,13,16H,6-9H2,1H3,(H,15,17). The molecule has 2 atom stereocenters. The fourth-order valence-electron chi connectivity index (χ4n) is 2.33. The average Bonchev–Trinajstić information content (AvgIpc) is 2.38. The summed E-state index contributed by atoms with van der Waals surface area (Å²) in [5.74, 6) is 0.125. The van der Waals surface area contributed by atoms with Gasteiger partial charge in [0.15, 0.2) is 0 Å². The van der Waals surface area contributed by atoms with Crippen molar-refractivity contribution in [1.29, 1.82) is 0 Å². The lowest BCUT2D eigenvalue weighted by Crippen LogP contribution is -2.40. The highest BCUT2D eigenvalue weighted by Crippen LogP contribution is 2.25. The van der Waals surface area contributed by atoms with Crippen LogP contribution in [0.5, 0.6) is 0 Å². The lowest BCUT2D eigenvalue weighted by molar-refractivity contribution is -0.126. The second-order valence-corrected chi connectivity index (χ2v) is 4.80. The number of carbonyl (C=O) groups excluding carboxylic acids is 1. The molecule has 1 aromatic carbocycles. The monoisotopic (exact) mass is 233 g/mol. The first kappa shape index (κ1) is 12.1. The molecule has 1 aliphatic carbocycles. The Hall–Kier alpha value is -1.35. The summed E-state index contributed by atoms with van der Waals surface area (Å²) in [5.41, 5.74) is 2.65. The van der Waals surface area contributed by atoms with Gasteiger partial charge in [-0.1, -0.05) is 24.3 Å². The maximum Gasteiger partial charge on any atom is 0.223 e. The molecular formula is C14H19NO2. The van der Waals surface area contributed by atoms with Crippen molar-refractivity contribution in [2.75, 3.05) is 6.61 Å². The van der Waals surface area contributed by atoms with Gasteiger partial charge in [0.25, 0.3) is 0 Å². The third kappa shape index (κ3) is 2.86. The summed E-state index contributed by atoms with van der Waals surface area (Å²) in [5, 5.41) is 11.8. The van der Waals surface area contributed by atoms with E-state index in [1.807, 2.05) is 19.1 Å². The van der Waals surface area contributed by atoms with Crippen LogP contribution in [-0.2, 0) is 17.6 Å². The Kier molecular flexibility index (Phi) is 3.79. The molecule has 0 fully saturated rings. The van der Waals surface area contributed by atoms with E-state index in [0.29, 0.717) is 0 Å². The SMILES string of the molecule is CC(CO)NC(=O)C1CCc2ccccc2C1. The number of carbonyl (C=O) groups is 1. The van der Waals surface area contributed by atoms with Crippen molar-refractivity contribution in [3.8, 4) is 0 Å². The topological polar surface area (TPSA) is 49.3 Å². The van der Waals surface area contributed by atoms with Gasteiger partial charge in [0.2, 0.25) is 5.91 Å². The smallest absolute Gasteiger partial charge is 0.223 e. The van der Waals surface area contributed by atoms with Gasteiger partial charge < -0.3 is 10.4 Å². The van der Waals surface area contributed by atoms with E-state index in [-0.39, 0.29) is 24.5 Å². The fraction of sp³-hybridized carbons (Fsp3) is 0.500. The van der Waals surface area contributed by atoms with E-state index in [9.17, 15) is 4.79 Å². The molecule has 0 aromatic heterocycles. The predicted molar refractivity (Wildman–Crippen MR) is 66.6 cm³/mol. The summed E-state index contributed by atoms with van der Waals surface area (Å²) < 4.78 is 0. The third-order valence-electron chi connectivity index (χ3n) is 3.38. The Morgan fingerprint density at radius 3 is 2.88 bits per heavy atom. The number of rotatable bonds is 3. The summed E-state index contributed by atoms with van der Waals surface area (Å²) in [4.78, 5) is 12.0. The molecule has 3 nitrogen and oxygen atoms in total. The molecule has 2 rings (SSSR count). The van der Waals surface area contributed by atoms with Gasteiger partial charge in [0.1, 0.15) is 0 Å². The Morgan fingerprint density at radius 1 is 1.47 bits per heavy atom. The van der Waals surface area contributed by atoms with Crippen molar-refractivity contribution < 1.29 is 9.90 Å². The highest BCUT2D eigenvalue weighted by Gasteiger charge is 2.24. The molecule has 0 radical (unpaired) electrons. The van der Waals surface area contributed by atoms with Gasteiger partial charge in [-0.2, -0.15) is 0 Å². The van der Waals surface area contributed by atoms with Crippen molar-refractivity contribution in [2.24, 2.45) is 5.92 Å². The quantitative estimate of drug-likeness (QED) is 0.826. The fourth-order valence-corrected chi connectivity index (χ4v) is 2.33. The molecule has 1 aliphatic rings. The van der Waals surface area contributed by atoms with Crippen molar-refractivity contribution in [3.05, 3.63) is 35.4 Å². The van der Waals surface area contributed by atoms with Gasteiger partial charge in [-0.05, 0) is 37.3 Å². The normalized spacial score (nSPS) is 20.5. The Morgan fingerprint density at radius 2 is 2.18 bits per heavy atom. The van der Waals surface area contributed by atoms with Crippen LogP contribution in [0.15, 0.2) is 24.3 Å². The van der Waals surface area contributed by atoms with E-state index in [0.717, 1.165) is 19.3 Å². The summed E-state index contributed by atoms with van der Waals surface area (Å²) >= 11 is 0. The van der Waals surface area contributed by atoms with Crippen LogP contribution in [-0.4, -0.2) is 23.7 Å². The minimum atomic E-state index is -0.153. The molecule has 0 spiro atoms. The number of benzene rings is 1. The molecule has 0 aliphatic heterocycles. The lowest BCUT2D eigenvalue weighted by atomic mass is 9.83. The van der Waals surface area contributed by atoms with Crippen LogP contribution in [0.2, 0.25) is 0 Å². The van der Waals surface area contributed by atoms with E-state index >= 15 is 0 Å². The van der Waals surface area contributed by atoms with E-state index < -0.39 is 0 Å². The number of nitrogens with one attached hydrogen (secondary N) is 1. The zero-order valence-corrected chi connectivity index (χ0v) is 10.1. The van der Waals surface area contributed by atoms with Gasteiger partial charge in [-0.25, -0.2) is 0 Å². The molecule has 0 saturated heterocycles. The summed E-state index contributed by atoms with van der Waals surface area (Å²) in [6.45, 7) is 1.81. The average molecular weight is 233 g/mol. The highest BCUT2D eigenvalue weighted by molar-refractivity contribution is 5.79. The van der Waals surface area contributed by atoms with Crippen LogP contribution in [0, 0.1) is 5.92 Å². The van der Waals surface area contributed by atoms with E-state index in [1.165, 1.54) is 11.1 Å². The zero-order valence-electron chi connectivity index (χ0n) is 10.1. The van der Waals surface area contributed by atoms with E-state index in [4.69, 9.17) is 5.11 Å². The molecule has 2 N–H and O–H groups in total. The number of aliphatic hydroxyl groups excluding tert-OH is 1. The maximum atomic E-state index is 12.0. The Balaban J connectivity index is 2.00. The number of aliphatic hydroxyl groups is 1. The summed E-state index contributed by atoms with van der Waals surface area (Å²) in [6.07, 6.45) is 2.70. The van der Waals surface area contributed by atoms with Crippen molar-refractivity contribution in [2.45, 2.75) is 32.2 Å². The van der Waals surface area contributed by atoms with Crippen LogP contribution in [0.25, 0.3) is 0 Å². The molecule has 0 saturated carbocycles. The van der Waals surface area contributed by atoms with Gasteiger partial charge >= 0.3 is 0 Å². The van der Waals surface area contributed by atoms with Crippen LogP contribution in [0.3, 0.4) is 0 Å². The molecular weight excluding hydrogens is 214 g/mol. The molecule has 1 aromatic rings. The largest absolute Gasteiger partial charge is 0.394 e. The van der Waals surface area contributed by atoms with Crippen LogP contribution in [0.1, 0.15) is 24.5 Å². The van der Waals surface area contributed by atoms with E-state index in [2.05, 4.69) is 17.4 Å². The van der Waals surface area contributed by atoms with E-state index in [1.54, 1.807) is 0 Å². The summed E-state index contributed by atoms with van der Waals surface area (Å²) in [6, 6.07) is 8.16. The van der Waals surface area contributed by atoms with Crippen LogP contribution in [0.4, 0.5) is 0 Å². The number of hydrogen-bond donors (Lipinski definition) is 2. The predicted octanol–water partition coefficient (Wildman–Crippen LogP) is 1.29. The second-order valence-electron chi connectivity index (χ2n) is 4.80. The third-order valence-corrected chi connectivity index (χ3v) is 3.38. The van der Waals surface area contributed by atoms with Crippen LogP contribution >= 0.6 is 0 Å². The minimum absolute atomic E-state index is 0.00491.